The number of nitrogens with zero attached hydrogens (tertiary/aromatic N) is 2. The minimum atomic E-state index is -0.528. The van der Waals surface area contributed by atoms with Gasteiger partial charge in [0.25, 0.3) is 0 Å². The maximum absolute atomic E-state index is 11.8. The number of esters is 1. The Balaban J connectivity index is 2.22. The summed E-state index contributed by atoms with van der Waals surface area (Å²) in [5.74, 6) is -0.528. The van der Waals surface area contributed by atoms with E-state index in [-0.39, 0.29) is 6.54 Å². The number of benzene rings is 1. The molecule has 0 bridgehead atoms. The maximum atomic E-state index is 11.8. The summed E-state index contributed by atoms with van der Waals surface area (Å²) in [5.41, 5.74) is 6.76. The van der Waals surface area contributed by atoms with Gasteiger partial charge in [0.2, 0.25) is 0 Å². The molecule has 3 N–H and O–H groups in total. The van der Waals surface area contributed by atoms with Gasteiger partial charge in [-0.1, -0.05) is 0 Å². The summed E-state index contributed by atoms with van der Waals surface area (Å²) in [6.45, 7) is -0.209. The topological polar surface area (TPSA) is 99.2 Å². The number of aromatic nitrogens is 2. The van der Waals surface area contributed by atoms with Crippen molar-refractivity contribution in [1.82, 2.24) is 15.1 Å². The molecule has 2 aromatic rings. The Bertz CT molecular complexity index is 605. The first-order chi connectivity index (χ1) is 8.61. The molecule has 0 fully saturated rings. The second-order valence-corrected chi connectivity index (χ2v) is 3.61. The molecule has 0 spiro atoms. The van der Waals surface area contributed by atoms with Crippen molar-refractivity contribution in [3.63, 3.8) is 0 Å². The number of ether oxygens (including phenoxy) is 1. The lowest BCUT2D eigenvalue weighted by Gasteiger charge is -2.04. The summed E-state index contributed by atoms with van der Waals surface area (Å²) >= 11 is 0. The number of anilines is 1. The van der Waals surface area contributed by atoms with E-state index in [2.05, 4.69) is 15.2 Å². The van der Waals surface area contributed by atoms with Crippen LogP contribution < -0.4 is 11.1 Å². The minimum absolute atomic E-state index is 0.209. The molecule has 1 amide bonds. The van der Waals surface area contributed by atoms with Crippen molar-refractivity contribution in [3.05, 3.63) is 24.4 Å². The van der Waals surface area contributed by atoms with Gasteiger partial charge in [0.15, 0.2) is 0 Å². The zero-order valence-corrected chi connectivity index (χ0v) is 9.71. The molecule has 7 nitrogen and oxygen atoms in total. The number of nitrogens with two attached hydrogens (primary N) is 1. The van der Waals surface area contributed by atoms with Crippen LogP contribution in [-0.4, -0.2) is 35.4 Å². The fraction of sp³-hybridized carbons (Fsp3) is 0.182. The van der Waals surface area contributed by atoms with Gasteiger partial charge in [0, 0.05) is 11.1 Å². The van der Waals surface area contributed by atoms with Crippen LogP contribution in [0.15, 0.2) is 24.4 Å². The first-order valence-electron chi connectivity index (χ1n) is 5.20. The standard InChI is InChI=1S/C11H12N4O3/c1-18-10(16)6-13-11(17)15-9-4-8(12)3-2-7(9)5-14-15/h2-5H,6,12H2,1H3,(H,13,17). The van der Waals surface area contributed by atoms with E-state index in [1.807, 2.05) is 0 Å². The van der Waals surface area contributed by atoms with Crippen LogP contribution >= 0.6 is 0 Å². The molecule has 2 rings (SSSR count). The Morgan fingerprint density at radius 1 is 1.50 bits per heavy atom. The Hall–Kier alpha value is -2.57. The first-order valence-corrected chi connectivity index (χ1v) is 5.20. The molecule has 0 aliphatic carbocycles. The van der Waals surface area contributed by atoms with Gasteiger partial charge in [-0.05, 0) is 18.2 Å². The summed E-state index contributed by atoms with van der Waals surface area (Å²) in [5, 5.41) is 7.12. The van der Waals surface area contributed by atoms with Crippen molar-refractivity contribution in [2.45, 2.75) is 0 Å². The molecule has 1 heterocycles. The molecule has 0 radical (unpaired) electrons. The maximum Gasteiger partial charge on any atom is 0.343 e. The Labute approximate surface area is 103 Å². The normalized spacial score (nSPS) is 10.3. The minimum Gasteiger partial charge on any atom is -0.468 e. The van der Waals surface area contributed by atoms with E-state index in [0.29, 0.717) is 11.2 Å². The average molecular weight is 248 g/mol. The van der Waals surface area contributed by atoms with Crippen molar-refractivity contribution in [3.8, 4) is 0 Å². The van der Waals surface area contributed by atoms with E-state index < -0.39 is 12.0 Å². The lowest BCUT2D eigenvalue weighted by Crippen LogP contribution is -2.34. The van der Waals surface area contributed by atoms with Crippen molar-refractivity contribution in [2.75, 3.05) is 19.4 Å². The summed E-state index contributed by atoms with van der Waals surface area (Å²) in [7, 11) is 1.25. The molecule has 7 heteroatoms. The largest absolute Gasteiger partial charge is 0.468 e. The summed E-state index contributed by atoms with van der Waals surface area (Å²) in [6, 6.07) is 4.61. The number of nitrogens with one attached hydrogen (secondary N) is 1. The molecular formula is C11H12N4O3. The van der Waals surface area contributed by atoms with E-state index in [1.165, 1.54) is 7.11 Å². The van der Waals surface area contributed by atoms with Crippen molar-refractivity contribution < 1.29 is 14.3 Å². The van der Waals surface area contributed by atoms with Gasteiger partial charge in [-0.2, -0.15) is 9.78 Å². The highest BCUT2D eigenvalue weighted by Crippen LogP contribution is 2.16. The number of amides is 1. The lowest BCUT2D eigenvalue weighted by atomic mass is 10.2. The van der Waals surface area contributed by atoms with E-state index in [1.54, 1.807) is 24.4 Å². The smallest absolute Gasteiger partial charge is 0.343 e. The van der Waals surface area contributed by atoms with Gasteiger partial charge >= 0.3 is 12.0 Å². The second kappa shape index (κ2) is 4.74. The molecule has 0 aliphatic rings. The van der Waals surface area contributed by atoms with Crippen LogP contribution in [0, 0.1) is 0 Å². The van der Waals surface area contributed by atoms with Gasteiger partial charge in [0.1, 0.15) is 6.54 Å². The first kappa shape index (κ1) is 11.9. The highest BCUT2D eigenvalue weighted by molar-refractivity contribution is 5.92. The quantitative estimate of drug-likeness (QED) is 0.590. The predicted octanol–water partition coefficient (Wildman–Crippen LogP) is 0.349. The van der Waals surface area contributed by atoms with Gasteiger partial charge in [-0.3, -0.25) is 4.79 Å². The van der Waals surface area contributed by atoms with Crippen molar-refractivity contribution in [2.24, 2.45) is 0 Å². The molecular weight excluding hydrogens is 236 g/mol. The molecule has 0 unspecified atom stereocenters. The molecule has 0 saturated carbocycles. The van der Waals surface area contributed by atoms with Crippen LogP contribution in [0.2, 0.25) is 0 Å². The highest BCUT2D eigenvalue weighted by atomic mass is 16.5. The SMILES string of the molecule is COC(=O)CNC(=O)n1ncc2ccc(N)cc21. The number of nitrogen functional groups attached to an aromatic ring is 1. The van der Waals surface area contributed by atoms with E-state index in [0.717, 1.165) is 10.1 Å². The number of hydrogen-bond acceptors (Lipinski definition) is 5. The van der Waals surface area contributed by atoms with E-state index >= 15 is 0 Å². The molecule has 0 atom stereocenters. The van der Waals surface area contributed by atoms with Crippen LogP contribution in [0.5, 0.6) is 0 Å². The fourth-order valence-corrected chi connectivity index (χ4v) is 1.49. The van der Waals surface area contributed by atoms with Gasteiger partial charge < -0.3 is 15.8 Å². The number of rotatable bonds is 2. The van der Waals surface area contributed by atoms with Gasteiger partial charge in [0.05, 0.1) is 18.8 Å². The zero-order valence-electron chi connectivity index (χ0n) is 9.71. The van der Waals surface area contributed by atoms with Crippen LogP contribution in [0.3, 0.4) is 0 Å². The number of hydrogen-bond donors (Lipinski definition) is 2. The number of carbonyl (C=O) groups excluding carboxylic acids is 2. The Morgan fingerprint density at radius 2 is 2.28 bits per heavy atom. The third-order valence-electron chi connectivity index (χ3n) is 2.40. The molecule has 0 saturated heterocycles. The zero-order chi connectivity index (χ0) is 13.1. The van der Waals surface area contributed by atoms with Crippen LogP contribution in [0.1, 0.15) is 0 Å². The van der Waals surface area contributed by atoms with Crippen molar-refractivity contribution in [1.29, 1.82) is 0 Å². The number of carbonyl (C=O) groups is 2. The lowest BCUT2D eigenvalue weighted by molar-refractivity contribution is -0.139. The van der Waals surface area contributed by atoms with Crippen LogP contribution in [0.25, 0.3) is 10.9 Å². The molecule has 1 aromatic carbocycles. The highest BCUT2D eigenvalue weighted by Gasteiger charge is 2.11. The summed E-state index contributed by atoms with van der Waals surface area (Å²) < 4.78 is 5.57. The van der Waals surface area contributed by atoms with E-state index in [4.69, 9.17) is 5.73 Å². The number of methoxy groups -OCH3 is 1. The third kappa shape index (κ3) is 2.24. The molecule has 1 aromatic heterocycles. The second-order valence-electron chi connectivity index (χ2n) is 3.61. The molecule has 18 heavy (non-hydrogen) atoms. The monoisotopic (exact) mass is 248 g/mol. The number of fused-ring (bicyclic) bond motifs is 1. The summed E-state index contributed by atoms with van der Waals surface area (Å²) in [6.07, 6.45) is 1.55. The summed E-state index contributed by atoms with van der Waals surface area (Å²) in [4.78, 5) is 22.7. The Morgan fingerprint density at radius 3 is 3.00 bits per heavy atom. The fourth-order valence-electron chi connectivity index (χ4n) is 1.49. The Kier molecular flexibility index (Phi) is 3.13. The average Bonchev–Trinajstić information content (AvgIpc) is 2.78. The van der Waals surface area contributed by atoms with Crippen molar-refractivity contribution >= 4 is 28.6 Å². The third-order valence-corrected chi connectivity index (χ3v) is 2.40. The van der Waals surface area contributed by atoms with Gasteiger partial charge in [-0.15, -0.1) is 0 Å². The van der Waals surface area contributed by atoms with Gasteiger partial charge in [-0.25, -0.2) is 4.79 Å². The van der Waals surface area contributed by atoms with Crippen LogP contribution in [0.4, 0.5) is 10.5 Å². The van der Waals surface area contributed by atoms with Crippen LogP contribution in [-0.2, 0) is 9.53 Å². The predicted molar refractivity (Wildman–Crippen MR) is 65.0 cm³/mol. The molecule has 0 aliphatic heterocycles. The van der Waals surface area contributed by atoms with E-state index in [9.17, 15) is 9.59 Å². The molecule has 94 valence electrons.